The van der Waals surface area contributed by atoms with Gasteiger partial charge in [-0.25, -0.2) is 9.55 Å². The second kappa shape index (κ2) is 7.93. The highest BCUT2D eigenvalue weighted by Gasteiger charge is 2.63. The number of halogens is 9. The first-order valence-electron chi connectivity index (χ1n) is 6.23. The molecule has 1 N–H and O–H groups in total. The van der Waals surface area contributed by atoms with Crippen molar-refractivity contribution in [3.63, 3.8) is 0 Å². The van der Waals surface area contributed by atoms with Gasteiger partial charge in [0.25, 0.3) is 5.82 Å². The number of aromatic amines is 1. The van der Waals surface area contributed by atoms with E-state index in [1.54, 1.807) is 0 Å². The molecule has 8 nitrogen and oxygen atoms in total. The van der Waals surface area contributed by atoms with Gasteiger partial charge in [0.05, 0.1) is 11.0 Å². The third-order valence-corrected chi connectivity index (χ3v) is 9.79. The molecule has 0 saturated heterocycles. The quantitative estimate of drug-likeness (QED) is 0.374. The molecule has 0 atom stereocenters. The van der Waals surface area contributed by atoms with E-state index in [-0.39, 0.29) is 0 Å². The van der Waals surface area contributed by atoms with Crippen molar-refractivity contribution in [1.29, 1.82) is 0 Å². The Morgan fingerprint density at radius 3 is 1.14 bits per heavy atom. The van der Waals surface area contributed by atoms with E-state index in [0.717, 1.165) is 0 Å². The fourth-order valence-corrected chi connectivity index (χ4v) is 6.93. The second-order valence-corrected chi connectivity index (χ2v) is 11.2. The summed E-state index contributed by atoms with van der Waals surface area (Å²) in [4.78, 5) is 3.03. The van der Waals surface area contributed by atoms with E-state index >= 15 is 0 Å². The minimum Gasteiger partial charge on any atom is -0.251 e. The number of sulfone groups is 3. The van der Waals surface area contributed by atoms with Crippen molar-refractivity contribution in [2.45, 2.75) is 23.4 Å². The van der Waals surface area contributed by atoms with Crippen LogP contribution in [0.4, 0.5) is 39.5 Å². The zero-order chi connectivity index (χ0) is 23.9. The zero-order valence-electron chi connectivity index (χ0n) is 13.7. The number of nitrogens with one attached hydrogen (secondary N) is 1. The van der Waals surface area contributed by atoms with Gasteiger partial charge in [0, 0.05) is 6.92 Å². The Labute approximate surface area is 157 Å². The third kappa shape index (κ3) is 5.53. The van der Waals surface area contributed by atoms with Crippen LogP contribution < -0.4 is 4.57 Å². The van der Waals surface area contributed by atoms with Crippen LogP contribution in [0.2, 0.25) is 0 Å². The molecule has 0 radical (unpaired) electrons. The molecule has 1 heterocycles. The molecule has 0 bridgehead atoms. The summed E-state index contributed by atoms with van der Waals surface area (Å²) in [5.41, 5.74) is -21.2. The lowest BCUT2D eigenvalue weighted by Crippen LogP contribution is -2.47. The van der Waals surface area contributed by atoms with Crippen LogP contribution in [0.25, 0.3) is 0 Å². The molecule has 0 amide bonds. The Morgan fingerprint density at radius 2 is 1.03 bits per heavy atom. The number of hydrogen-bond acceptors (Lipinski definition) is 6. The highest BCUT2D eigenvalue weighted by Crippen LogP contribution is 2.47. The van der Waals surface area contributed by atoms with Gasteiger partial charge >= 0.3 is 16.5 Å². The highest BCUT2D eigenvalue weighted by atomic mass is 32.3. The van der Waals surface area contributed by atoms with Crippen LogP contribution in [0.1, 0.15) is 5.82 Å². The van der Waals surface area contributed by atoms with Gasteiger partial charge in [-0.2, -0.15) is 39.5 Å². The van der Waals surface area contributed by atoms with E-state index in [9.17, 15) is 64.8 Å². The minimum absolute atomic E-state index is 1.18. The fourth-order valence-electron chi connectivity index (χ4n) is 1.20. The summed E-state index contributed by atoms with van der Waals surface area (Å²) in [5.74, 6) is 1.18. The van der Waals surface area contributed by atoms with E-state index in [1.807, 2.05) is 30.9 Å². The van der Waals surface area contributed by atoms with Gasteiger partial charge in [-0.3, -0.25) is 25.3 Å². The average molecular weight is 508 g/mol. The normalized spacial score (nSPS) is 14.5. The predicted octanol–water partition coefficient (Wildman–Crippen LogP) is 1.38. The lowest BCUT2D eigenvalue weighted by atomic mass is 10.7. The van der Waals surface area contributed by atoms with Crippen LogP contribution in [0.3, 0.4) is 0 Å². The van der Waals surface area contributed by atoms with E-state index in [1.165, 1.54) is 5.82 Å². The monoisotopic (exact) mass is 508 g/mol. The van der Waals surface area contributed by atoms with E-state index < -0.39 is 50.0 Å². The first kappa shape index (κ1) is 27.4. The molecule has 172 valence electrons. The lowest BCUT2D eigenvalue weighted by molar-refractivity contribution is -0.676. The molecule has 0 spiro atoms. The van der Waals surface area contributed by atoms with Gasteiger partial charge in [0.2, 0.25) is 0 Å². The maximum atomic E-state index is 12.0. The van der Waals surface area contributed by atoms with Crippen LogP contribution >= 0.6 is 0 Å². The average Bonchev–Trinajstić information content (AvgIpc) is 2.78. The minimum atomic E-state index is -8.02. The van der Waals surface area contributed by atoms with Crippen molar-refractivity contribution < 1.29 is 69.3 Å². The number of alkyl halides is 9. The predicted molar refractivity (Wildman–Crippen MR) is 74.9 cm³/mol. The van der Waals surface area contributed by atoms with Crippen molar-refractivity contribution in [3.8, 4) is 0 Å². The summed E-state index contributed by atoms with van der Waals surface area (Å²) < 4.78 is 169. The number of hydrogen-bond donors (Lipinski definition) is 1. The molecular formula is C9H9F9N2O6S3. The van der Waals surface area contributed by atoms with Crippen LogP contribution in [0.5, 0.6) is 0 Å². The number of nitrogens with zero attached hydrogens (tertiary/aromatic N) is 1. The van der Waals surface area contributed by atoms with Gasteiger partial charge < -0.3 is 0 Å². The van der Waals surface area contributed by atoms with Gasteiger partial charge in [0.15, 0.2) is 29.5 Å². The first-order valence-corrected chi connectivity index (χ1v) is 10.7. The Bertz CT molecular complexity index is 911. The van der Waals surface area contributed by atoms with Crippen LogP contribution in [-0.4, -0.2) is 46.8 Å². The molecule has 29 heavy (non-hydrogen) atoms. The molecule has 20 heteroatoms. The SMILES string of the molecule is Cc1[nH]cc[n+]1C.O=S(=O)([C-](S(=O)(=O)C(F)(F)F)S(=O)(=O)C(F)(F)F)C(F)(F)F. The van der Waals surface area contributed by atoms with E-state index in [4.69, 9.17) is 0 Å². The molecule has 0 aliphatic rings. The molecule has 1 aromatic rings. The molecule has 0 unspecified atom stereocenters. The Balaban J connectivity index is 0.000000929. The highest BCUT2D eigenvalue weighted by molar-refractivity contribution is 8.29. The Kier molecular flexibility index (Phi) is 7.50. The van der Waals surface area contributed by atoms with Crippen molar-refractivity contribution in [3.05, 3.63) is 22.1 Å². The first-order chi connectivity index (χ1) is 12.4. The number of aromatic nitrogens is 2. The zero-order valence-corrected chi connectivity index (χ0v) is 16.1. The van der Waals surface area contributed by atoms with Crippen molar-refractivity contribution in [2.75, 3.05) is 0 Å². The van der Waals surface area contributed by atoms with Crippen LogP contribution in [0, 0.1) is 10.8 Å². The fraction of sp³-hybridized carbons (Fsp3) is 0.556. The second-order valence-electron chi connectivity index (χ2n) is 4.75. The standard InChI is InChI=1S/C5H8N2.C4F9O6S3/c1-5-6-3-4-7(5)2;5-2(6,7)20(14,15)1(21(16,17)3(8,9)10)22(18,19)4(11,12)13/h3-4H,1-2H3;/q;-1/p+1. The number of rotatable bonds is 3. The summed E-state index contributed by atoms with van der Waals surface area (Å²) >= 11 is 0. The Hall–Kier alpha value is -1.57. The van der Waals surface area contributed by atoms with Gasteiger partial charge in [-0.05, 0) is 0 Å². The molecule has 0 aliphatic carbocycles. The number of imidazole rings is 1. The molecule has 0 aliphatic heterocycles. The third-order valence-electron chi connectivity index (χ3n) is 2.69. The molecule has 0 aromatic carbocycles. The largest absolute Gasteiger partial charge is 0.470 e. The molecular weight excluding hydrogens is 499 g/mol. The van der Waals surface area contributed by atoms with E-state index in [0.29, 0.717) is 0 Å². The van der Waals surface area contributed by atoms with Gasteiger partial charge in [-0.15, -0.1) is 0 Å². The molecule has 1 rings (SSSR count). The Morgan fingerprint density at radius 1 is 0.759 bits per heavy atom. The number of H-pyrrole nitrogens is 1. The summed E-state index contributed by atoms with van der Waals surface area (Å²) in [7, 11) is -22.1. The summed E-state index contributed by atoms with van der Waals surface area (Å²) in [6, 6.07) is 0. The lowest BCUT2D eigenvalue weighted by Gasteiger charge is -2.31. The molecule has 0 fully saturated rings. The topological polar surface area (TPSA) is 122 Å². The number of aryl methyl sites for hydroxylation is 2. The van der Waals surface area contributed by atoms with Crippen molar-refractivity contribution in [2.24, 2.45) is 7.05 Å². The van der Waals surface area contributed by atoms with Crippen molar-refractivity contribution in [1.82, 2.24) is 4.98 Å². The van der Waals surface area contributed by atoms with Crippen LogP contribution in [-0.2, 0) is 36.6 Å². The maximum Gasteiger partial charge on any atom is 0.470 e. The summed E-state index contributed by atoms with van der Waals surface area (Å²) in [6.45, 7) is 2.03. The molecule has 0 saturated carbocycles. The molecule has 1 aromatic heterocycles. The van der Waals surface area contributed by atoms with Gasteiger partial charge in [0.1, 0.15) is 12.4 Å². The summed E-state index contributed by atoms with van der Waals surface area (Å²) in [6.07, 6.45) is 3.89. The van der Waals surface area contributed by atoms with E-state index in [2.05, 4.69) is 4.98 Å². The maximum absolute atomic E-state index is 12.0. The van der Waals surface area contributed by atoms with Crippen LogP contribution in [0.15, 0.2) is 12.4 Å². The van der Waals surface area contributed by atoms with Crippen molar-refractivity contribution >= 4 is 29.5 Å². The smallest absolute Gasteiger partial charge is 0.251 e. The summed E-state index contributed by atoms with van der Waals surface area (Å²) in [5, 5.41) is 0. The van der Waals surface area contributed by atoms with Gasteiger partial charge in [-0.1, -0.05) is 0 Å².